The number of carbonyl (C=O) groups excluding carboxylic acids is 2. The number of hydrogen-bond donors (Lipinski definition) is 1. The molecule has 18 heavy (non-hydrogen) atoms. The van der Waals surface area contributed by atoms with Gasteiger partial charge in [-0.2, -0.15) is 5.26 Å². The minimum atomic E-state index is -0.744. The Hall–Kier alpha value is -1.52. The van der Waals surface area contributed by atoms with Crippen molar-refractivity contribution in [1.82, 2.24) is 0 Å². The summed E-state index contributed by atoms with van der Waals surface area (Å²) in [4.78, 5) is 22.5. The third-order valence-electron chi connectivity index (χ3n) is 1.80. The summed E-state index contributed by atoms with van der Waals surface area (Å²) < 4.78 is 9.59. The largest absolute Gasteiger partial charge is 0.461 e. The first kappa shape index (κ1) is 16.5. The number of thiocyanates is 1. The number of nitrogens with two attached hydrogens (primary N) is 1. The molecule has 0 saturated heterocycles. The van der Waals surface area contributed by atoms with Gasteiger partial charge in [-0.25, -0.2) is 4.79 Å². The van der Waals surface area contributed by atoms with Gasteiger partial charge in [0.1, 0.15) is 23.9 Å². The number of hydrogen-bond acceptors (Lipinski definition) is 7. The van der Waals surface area contributed by atoms with Gasteiger partial charge in [-0.1, -0.05) is 6.58 Å². The number of carbonyl (C=O) groups is 2. The number of rotatable bonds is 7. The molecule has 0 aromatic heterocycles. The fourth-order valence-corrected chi connectivity index (χ4v) is 1.40. The van der Waals surface area contributed by atoms with Gasteiger partial charge < -0.3 is 15.2 Å². The maximum Gasteiger partial charge on any atom is 0.333 e. The van der Waals surface area contributed by atoms with E-state index in [1.807, 2.05) is 0 Å². The Morgan fingerprint density at radius 2 is 2.00 bits per heavy atom. The fraction of sp³-hybridized carbons (Fsp3) is 0.545. The van der Waals surface area contributed by atoms with Crippen molar-refractivity contribution in [3.05, 3.63) is 12.2 Å². The van der Waals surface area contributed by atoms with Crippen LogP contribution in [0.4, 0.5) is 0 Å². The van der Waals surface area contributed by atoms with E-state index in [0.717, 1.165) is 11.8 Å². The van der Waals surface area contributed by atoms with Crippen molar-refractivity contribution in [2.45, 2.75) is 25.1 Å². The molecule has 2 N–H and O–H groups in total. The van der Waals surface area contributed by atoms with Crippen molar-refractivity contribution in [3.8, 4) is 5.40 Å². The zero-order chi connectivity index (χ0) is 14.1. The number of thioether (sulfide) groups is 1. The number of esters is 2. The van der Waals surface area contributed by atoms with Crippen LogP contribution in [0, 0.1) is 10.7 Å². The maximum absolute atomic E-state index is 11.5. The molecule has 0 saturated carbocycles. The summed E-state index contributed by atoms with van der Waals surface area (Å²) in [5, 5.41) is 9.56. The van der Waals surface area contributed by atoms with Crippen LogP contribution >= 0.6 is 11.8 Å². The van der Waals surface area contributed by atoms with Gasteiger partial charge in [-0.3, -0.25) is 4.79 Å². The third-order valence-corrected chi connectivity index (χ3v) is 2.78. The Balaban J connectivity index is 3.99. The first-order valence-corrected chi connectivity index (χ1v) is 6.07. The van der Waals surface area contributed by atoms with Crippen LogP contribution in [0.3, 0.4) is 0 Å². The highest BCUT2D eigenvalue weighted by atomic mass is 32.2. The Bertz CT molecular complexity index is 363. The Labute approximate surface area is 110 Å². The minimum Gasteiger partial charge on any atom is -0.461 e. The molecule has 0 bridgehead atoms. The van der Waals surface area contributed by atoms with Crippen LogP contribution in [0.1, 0.15) is 13.8 Å². The lowest BCUT2D eigenvalue weighted by atomic mass is 10.2. The van der Waals surface area contributed by atoms with Crippen molar-refractivity contribution in [3.63, 3.8) is 0 Å². The molecule has 7 heteroatoms. The molecule has 0 spiro atoms. The van der Waals surface area contributed by atoms with E-state index in [1.165, 1.54) is 6.92 Å². The van der Waals surface area contributed by atoms with E-state index < -0.39 is 23.2 Å². The molecular formula is C11H16N2O4S. The quantitative estimate of drug-likeness (QED) is 0.313. The molecule has 0 aromatic rings. The van der Waals surface area contributed by atoms with Gasteiger partial charge >= 0.3 is 11.9 Å². The van der Waals surface area contributed by atoms with Crippen LogP contribution < -0.4 is 5.73 Å². The average molecular weight is 272 g/mol. The van der Waals surface area contributed by atoms with E-state index in [1.54, 1.807) is 12.3 Å². The van der Waals surface area contributed by atoms with Crippen LogP contribution in [0.15, 0.2) is 12.2 Å². The monoisotopic (exact) mass is 272 g/mol. The molecule has 2 unspecified atom stereocenters. The summed E-state index contributed by atoms with van der Waals surface area (Å²) >= 11 is 0.746. The molecule has 0 amide bonds. The van der Waals surface area contributed by atoms with Crippen LogP contribution in [0.2, 0.25) is 0 Å². The lowest BCUT2D eigenvalue weighted by Gasteiger charge is -2.15. The summed E-state index contributed by atoms with van der Waals surface area (Å²) in [7, 11) is 0. The fourth-order valence-electron chi connectivity index (χ4n) is 0.909. The zero-order valence-electron chi connectivity index (χ0n) is 10.3. The summed E-state index contributed by atoms with van der Waals surface area (Å²) in [5.41, 5.74) is 5.82. The van der Waals surface area contributed by atoms with Crippen LogP contribution in [0.25, 0.3) is 0 Å². The Morgan fingerprint density at radius 1 is 1.44 bits per heavy atom. The van der Waals surface area contributed by atoms with Crippen LogP contribution in [0.5, 0.6) is 0 Å². The molecule has 0 heterocycles. The van der Waals surface area contributed by atoms with Crippen molar-refractivity contribution in [2.24, 2.45) is 5.73 Å². The van der Waals surface area contributed by atoms with E-state index in [0.29, 0.717) is 0 Å². The van der Waals surface area contributed by atoms with Crippen molar-refractivity contribution < 1.29 is 19.1 Å². The number of ether oxygens (including phenoxy) is 2. The summed E-state index contributed by atoms with van der Waals surface area (Å²) in [5.74, 6) is -1.14. The average Bonchev–Trinajstić information content (AvgIpc) is 2.30. The van der Waals surface area contributed by atoms with Gasteiger partial charge in [0, 0.05) is 11.6 Å². The first-order chi connectivity index (χ1) is 8.40. The second-order valence-electron chi connectivity index (χ2n) is 3.57. The van der Waals surface area contributed by atoms with Crippen molar-refractivity contribution in [1.29, 1.82) is 5.26 Å². The third kappa shape index (κ3) is 6.27. The number of nitriles is 1. The predicted octanol–water partition coefficient (Wildman–Crippen LogP) is 0.579. The molecular weight excluding hydrogens is 256 g/mol. The first-order valence-electron chi connectivity index (χ1n) is 5.19. The predicted molar refractivity (Wildman–Crippen MR) is 67.4 cm³/mol. The lowest BCUT2D eigenvalue weighted by molar-refractivity contribution is -0.149. The topological polar surface area (TPSA) is 102 Å². The Morgan fingerprint density at radius 3 is 2.44 bits per heavy atom. The van der Waals surface area contributed by atoms with Gasteiger partial charge in [-0.05, 0) is 25.6 Å². The standard InChI is InChI=1S/C11H16N2O4S/c1-7(2)10(14)16-4-5-17-11(15)9(8(3)13)18-6-12/h8-9H,1,4-5,13H2,2-3H3. The zero-order valence-corrected chi connectivity index (χ0v) is 11.2. The summed E-state index contributed by atoms with van der Waals surface area (Å²) in [6.07, 6.45) is 0. The van der Waals surface area contributed by atoms with Gasteiger partial charge in [0.25, 0.3) is 0 Å². The number of nitrogens with zero attached hydrogens (tertiary/aromatic N) is 1. The second-order valence-corrected chi connectivity index (χ2v) is 4.50. The molecule has 0 fully saturated rings. The molecule has 0 aliphatic rings. The van der Waals surface area contributed by atoms with E-state index in [9.17, 15) is 9.59 Å². The van der Waals surface area contributed by atoms with E-state index in [-0.39, 0.29) is 18.8 Å². The summed E-state index contributed by atoms with van der Waals surface area (Å²) in [6, 6.07) is -0.500. The molecule has 0 aliphatic carbocycles. The van der Waals surface area contributed by atoms with E-state index >= 15 is 0 Å². The lowest BCUT2D eigenvalue weighted by Crippen LogP contribution is -2.37. The van der Waals surface area contributed by atoms with Crippen LogP contribution in [-0.2, 0) is 19.1 Å². The molecule has 0 aliphatic heterocycles. The molecule has 0 aromatic carbocycles. The van der Waals surface area contributed by atoms with Crippen molar-refractivity contribution in [2.75, 3.05) is 13.2 Å². The normalized spacial score (nSPS) is 13.0. The SMILES string of the molecule is C=C(C)C(=O)OCCOC(=O)C(SC#N)C(C)N. The van der Waals surface area contributed by atoms with Crippen LogP contribution in [-0.4, -0.2) is 36.4 Å². The highest BCUT2D eigenvalue weighted by molar-refractivity contribution is 8.05. The minimum absolute atomic E-state index is 0.0552. The molecule has 2 atom stereocenters. The smallest absolute Gasteiger partial charge is 0.333 e. The highest BCUT2D eigenvalue weighted by Crippen LogP contribution is 2.13. The molecule has 0 radical (unpaired) electrons. The van der Waals surface area contributed by atoms with Gasteiger partial charge in [-0.15, -0.1) is 0 Å². The Kier molecular flexibility index (Phi) is 7.83. The molecule has 100 valence electrons. The van der Waals surface area contributed by atoms with Gasteiger partial charge in [0.2, 0.25) is 0 Å². The molecule has 0 rings (SSSR count). The second kappa shape index (κ2) is 8.55. The van der Waals surface area contributed by atoms with E-state index in [4.69, 9.17) is 20.5 Å². The molecule has 6 nitrogen and oxygen atoms in total. The van der Waals surface area contributed by atoms with Gasteiger partial charge in [0.15, 0.2) is 0 Å². The van der Waals surface area contributed by atoms with Gasteiger partial charge in [0.05, 0.1) is 0 Å². The van der Waals surface area contributed by atoms with Crippen molar-refractivity contribution >= 4 is 23.7 Å². The summed E-state index contributed by atoms with van der Waals surface area (Å²) in [6.45, 7) is 6.40. The highest BCUT2D eigenvalue weighted by Gasteiger charge is 2.25. The van der Waals surface area contributed by atoms with E-state index in [2.05, 4.69) is 6.58 Å². The maximum atomic E-state index is 11.5.